The molecule has 4 aliphatic rings. The molecule has 310 valence electrons. The Kier molecular flexibility index (Phi) is 10.2. The normalized spacial score (nSPS) is 21.7. The van der Waals surface area contributed by atoms with E-state index in [9.17, 15) is 29.5 Å². The first-order valence-corrected chi connectivity index (χ1v) is 20.9. The monoisotopic (exact) mass is 811 g/mol. The van der Waals surface area contributed by atoms with E-state index in [0.29, 0.717) is 47.2 Å². The number of benzene rings is 2. The number of imide groups is 1. The lowest BCUT2D eigenvalue weighted by atomic mass is 9.90. The van der Waals surface area contributed by atoms with Gasteiger partial charge in [-0.25, -0.2) is 9.31 Å². The molecular formula is C44H49N11O5. The summed E-state index contributed by atoms with van der Waals surface area (Å²) in [6, 6.07) is 18.9. The minimum atomic E-state index is -1.25. The molecule has 4 fully saturated rings. The number of fused-ring (bicyclic) bond motifs is 2. The minimum absolute atomic E-state index is 0.0428. The maximum absolute atomic E-state index is 13.7. The zero-order chi connectivity index (χ0) is 41.7. The molecule has 3 N–H and O–H groups in total. The number of hydrogen-bond acceptors (Lipinski definition) is 10. The highest BCUT2D eigenvalue weighted by atomic mass is 16.3. The van der Waals surface area contributed by atoms with Gasteiger partial charge in [-0.3, -0.25) is 34.2 Å². The van der Waals surface area contributed by atoms with E-state index in [4.69, 9.17) is 5.10 Å². The van der Waals surface area contributed by atoms with Gasteiger partial charge < -0.3 is 20.2 Å². The Balaban J connectivity index is 0.778. The van der Waals surface area contributed by atoms with E-state index < -0.39 is 11.6 Å². The number of nitrogens with one attached hydrogen (secondary N) is 2. The molecule has 1 aliphatic carbocycles. The standard InChI is InChI=1S/C44H49N11O5/c1-44(2,60)36-23-37-30(22-38(36)47-41(57)39-12-11-35-21-28(24-45)25-46-55(35)39)27-54(49-37)34-9-5-31(6-10-34)50-17-19-51(20-18-50)42(58)29-13-15-52(26-29)32-3-7-33(8-4-32)53-16-14-40(56)48-43(53)59/h3-4,7-8,11-12,21-23,25,27,29,31,34,60H,5-6,9-10,13-20,26H2,1-2H3,(H,47,57)(H,48,56,59)/t29-,31?,34?/m1/s1. The number of aromatic nitrogens is 4. The first kappa shape index (κ1) is 39.2. The molecule has 60 heavy (non-hydrogen) atoms. The van der Waals surface area contributed by atoms with Gasteiger partial charge in [-0.15, -0.1) is 0 Å². The van der Waals surface area contributed by atoms with Crippen molar-refractivity contribution in [1.29, 1.82) is 5.26 Å². The predicted molar refractivity (Wildman–Crippen MR) is 225 cm³/mol. The second-order valence-corrected chi connectivity index (χ2v) is 17.0. The van der Waals surface area contributed by atoms with Crippen LogP contribution in [0.5, 0.6) is 0 Å². The van der Waals surface area contributed by atoms with Crippen molar-refractivity contribution in [2.45, 2.75) is 70.1 Å². The second-order valence-electron chi connectivity index (χ2n) is 17.0. The van der Waals surface area contributed by atoms with Crippen molar-refractivity contribution in [3.8, 4) is 6.07 Å². The van der Waals surface area contributed by atoms with E-state index in [0.717, 1.165) is 87.1 Å². The molecule has 3 aliphatic heterocycles. The first-order chi connectivity index (χ1) is 28.9. The summed E-state index contributed by atoms with van der Waals surface area (Å²) < 4.78 is 3.54. The van der Waals surface area contributed by atoms with Crippen LogP contribution in [-0.2, 0) is 15.2 Å². The van der Waals surface area contributed by atoms with Gasteiger partial charge in [0, 0.05) is 92.5 Å². The quantitative estimate of drug-likeness (QED) is 0.200. The number of piperazine rings is 1. The number of urea groups is 1. The number of carbonyl (C=O) groups is 4. The van der Waals surface area contributed by atoms with Crippen LogP contribution in [0, 0.1) is 17.2 Å². The second kappa shape index (κ2) is 15.7. The van der Waals surface area contributed by atoms with Crippen molar-refractivity contribution in [2.75, 3.05) is 60.9 Å². The lowest BCUT2D eigenvalue weighted by Gasteiger charge is -2.42. The summed E-state index contributed by atoms with van der Waals surface area (Å²) >= 11 is 0. The molecule has 0 spiro atoms. The van der Waals surface area contributed by atoms with Gasteiger partial charge in [-0.2, -0.15) is 15.5 Å². The topological polar surface area (TPSA) is 184 Å². The average Bonchev–Trinajstić information content (AvgIpc) is 4.02. The van der Waals surface area contributed by atoms with Crippen molar-refractivity contribution in [3.63, 3.8) is 0 Å². The summed E-state index contributed by atoms with van der Waals surface area (Å²) in [5.41, 5.74) is 3.66. The Morgan fingerprint density at radius 3 is 2.35 bits per heavy atom. The zero-order valence-corrected chi connectivity index (χ0v) is 33.9. The molecule has 5 amide bonds. The maximum atomic E-state index is 13.7. The Morgan fingerprint density at radius 1 is 0.900 bits per heavy atom. The van der Waals surface area contributed by atoms with Gasteiger partial charge in [0.05, 0.1) is 40.4 Å². The van der Waals surface area contributed by atoms with Gasteiger partial charge in [0.1, 0.15) is 11.8 Å². The third-order valence-electron chi connectivity index (χ3n) is 12.7. The van der Waals surface area contributed by atoms with Crippen molar-refractivity contribution in [1.82, 2.24) is 34.5 Å². The zero-order valence-electron chi connectivity index (χ0n) is 33.9. The molecule has 3 saturated heterocycles. The summed E-state index contributed by atoms with van der Waals surface area (Å²) in [6.07, 6.45) is 8.58. The van der Waals surface area contributed by atoms with Gasteiger partial charge in [-0.1, -0.05) is 0 Å². The molecule has 16 heteroatoms. The largest absolute Gasteiger partial charge is 0.386 e. The summed E-state index contributed by atoms with van der Waals surface area (Å²) in [6.45, 7) is 8.41. The molecule has 0 bridgehead atoms. The molecule has 1 saturated carbocycles. The minimum Gasteiger partial charge on any atom is -0.386 e. The van der Waals surface area contributed by atoms with E-state index in [2.05, 4.69) is 31.6 Å². The van der Waals surface area contributed by atoms with Crippen LogP contribution in [0.4, 0.5) is 21.9 Å². The summed E-state index contributed by atoms with van der Waals surface area (Å²) in [5.74, 6) is -0.445. The molecule has 6 heterocycles. The molecule has 0 unspecified atom stereocenters. The first-order valence-electron chi connectivity index (χ1n) is 20.9. The van der Waals surface area contributed by atoms with Gasteiger partial charge in [0.25, 0.3) is 5.91 Å². The fourth-order valence-electron chi connectivity index (χ4n) is 9.41. The van der Waals surface area contributed by atoms with Crippen molar-refractivity contribution >= 4 is 57.2 Å². The van der Waals surface area contributed by atoms with E-state index >= 15 is 0 Å². The highest BCUT2D eigenvalue weighted by Gasteiger charge is 2.36. The third-order valence-corrected chi connectivity index (χ3v) is 12.7. The predicted octanol–water partition coefficient (Wildman–Crippen LogP) is 4.64. The van der Waals surface area contributed by atoms with E-state index in [1.165, 1.54) is 10.7 Å². The molecule has 0 radical (unpaired) electrons. The lowest BCUT2D eigenvalue weighted by Crippen LogP contribution is -2.53. The van der Waals surface area contributed by atoms with Crippen LogP contribution in [0.2, 0.25) is 0 Å². The number of carbonyl (C=O) groups excluding carboxylic acids is 4. The molecule has 2 aromatic carbocycles. The number of amides is 5. The molecule has 9 rings (SSSR count). The Labute approximate surface area is 347 Å². The Hall–Kier alpha value is -6.31. The summed E-state index contributed by atoms with van der Waals surface area (Å²) in [7, 11) is 0. The van der Waals surface area contributed by atoms with Crippen LogP contribution in [0.3, 0.4) is 0 Å². The van der Waals surface area contributed by atoms with Crippen LogP contribution in [0.25, 0.3) is 16.4 Å². The van der Waals surface area contributed by atoms with E-state index in [-0.39, 0.29) is 36.1 Å². The highest BCUT2D eigenvalue weighted by Crippen LogP contribution is 2.36. The smallest absolute Gasteiger partial charge is 0.328 e. The van der Waals surface area contributed by atoms with Crippen molar-refractivity contribution in [2.24, 2.45) is 5.92 Å². The van der Waals surface area contributed by atoms with Crippen LogP contribution < -0.4 is 20.4 Å². The highest BCUT2D eigenvalue weighted by molar-refractivity contribution is 6.06. The van der Waals surface area contributed by atoms with Gasteiger partial charge in [-0.05, 0) is 101 Å². The van der Waals surface area contributed by atoms with Crippen LogP contribution in [0.15, 0.2) is 67.0 Å². The fourth-order valence-corrected chi connectivity index (χ4v) is 9.41. The molecule has 1 atom stereocenters. The van der Waals surface area contributed by atoms with E-state index in [1.54, 1.807) is 36.9 Å². The molecular weight excluding hydrogens is 763 g/mol. The van der Waals surface area contributed by atoms with Gasteiger partial charge >= 0.3 is 6.03 Å². The maximum Gasteiger partial charge on any atom is 0.328 e. The van der Waals surface area contributed by atoms with Crippen LogP contribution >= 0.6 is 0 Å². The van der Waals surface area contributed by atoms with Crippen LogP contribution in [0.1, 0.15) is 80.0 Å². The van der Waals surface area contributed by atoms with Gasteiger partial charge in [0.2, 0.25) is 11.8 Å². The molecule has 5 aromatic rings. The number of anilines is 3. The van der Waals surface area contributed by atoms with Crippen LogP contribution in [-0.4, -0.2) is 110 Å². The Bertz CT molecular complexity index is 2520. The average molecular weight is 812 g/mol. The SMILES string of the molecule is CC(C)(O)c1cc2nn(C3CCC(N4CCN(C(=O)[C@@H]5CCN(c6ccc(N7CCC(=O)NC7=O)cc6)C5)CC4)CC3)cc2cc1NC(=O)c1ccc2cc(C#N)cnn12. The number of rotatable bonds is 8. The van der Waals surface area contributed by atoms with E-state index in [1.807, 2.05) is 52.2 Å². The fraction of sp³-hybridized carbons (Fsp3) is 0.432. The number of nitriles is 1. The third kappa shape index (κ3) is 7.66. The summed E-state index contributed by atoms with van der Waals surface area (Å²) in [5, 5.41) is 35.8. The Morgan fingerprint density at radius 2 is 1.63 bits per heavy atom. The van der Waals surface area contributed by atoms with Crippen molar-refractivity contribution in [3.05, 3.63) is 83.8 Å². The van der Waals surface area contributed by atoms with Crippen molar-refractivity contribution < 1.29 is 24.3 Å². The molecule has 16 nitrogen and oxygen atoms in total. The number of hydrogen-bond donors (Lipinski definition) is 3. The molecule has 3 aromatic heterocycles. The lowest BCUT2D eigenvalue weighted by molar-refractivity contribution is -0.137. The van der Waals surface area contributed by atoms with Gasteiger partial charge in [0.15, 0.2) is 0 Å². The number of nitrogens with zero attached hydrogens (tertiary/aromatic N) is 9. The summed E-state index contributed by atoms with van der Waals surface area (Å²) in [4.78, 5) is 59.4. The number of aliphatic hydroxyl groups is 1.